The van der Waals surface area contributed by atoms with Crippen molar-refractivity contribution in [3.8, 4) is 11.3 Å². The molecule has 3 atom stereocenters. The molecule has 1 aromatic heterocycles. The first-order valence-corrected chi connectivity index (χ1v) is 8.70. The Kier molecular flexibility index (Phi) is 4.86. The zero-order valence-electron chi connectivity index (χ0n) is 14.3. The third kappa shape index (κ3) is 3.55. The Morgan fingerprint density at radius 1 is 1.22 bits per heavy atom. The summed E-state index contributed by atoms with van der Waals surface area (Å²) in [5.41, 5.74) is 1.00. The number of ether oxygens (including phenoxy) is 2. The molecule has 2 unspecified atom stereocenters. The van der Waals surface area contributed by atoms with Gasteiger partial charge in [-0.15, -0.1) is 0 Å². The number of hydrogen-bond donors (Lipinski definition) is 1. The highest BCUT2D eigenvalue weighted by Crippen LogP contribution is 2.31. The standard InChI is InChI=1S/C19H18F2N2O4/c20-13-4-1-11(2-5-13)16-8-23-18(22-16)15(21)7-12(19(23)25)3-6-14-10-26-17(9-24)27-14/h1-2,4-5,7-8,12,14,17,24H,3,6,9-10H2/t12?,14-,17?/m0/s1. The van der Waals surface area contributed by atoms with E-state index in [1.54, 1.807) is 0 Å². The van der Waals surface area contributed by atoms with E-state index in [0.717, 1.165) is 0 Å². The molecule has 4 rings (SSSR count). The minimum atomic E-state index is -0.636. The first kappa shape index (κ1) is 18.0. The molecular formula is C19H18F2N2O4. The highest BCUT2D eigenvalue weighted by atomic mass is 19.1. The summed E-state index contributed by atoms with van der Waals surface area (Å²) in [5.74, 6) is -1.90. The van der Waals surface area contributed by atoms with Crippen LogP contribution in [0.3, 0.4) is 0 Å². The summed E-state index contributed by atoms with van der Waals surface area (Å²) in [7, 11) is 0. The number of aliphatic hydroxyl groups excluding tert-OH is 1. The van der Waals surface area contributed by atoms with Crippen molar-refractivity contribution in [1.29, 1.82) is 0 Å². The lowest BCUT2D eigenvalue weighted by molar-refractivity contribution is -0.0886. The number of fused-ring (bicyclic) bond motifs is 1. The van der Waals surface area contributed by atoms with Crippen LogP contribution in [0, 0.1) is 11.7 Å². The largest absolute Gasteiger partial charge is 0.391 e. The SMILES string of the molecule is O=C1C(CC[C@H]2COC(CO)O2)C=C(F)c2nc(-c3ccc(F)cc3)cn21. The first-order valence-electron chi connectivity index (χ1n) is 8.70. The smallest absolute Gasteiger partial charge is 0.239 e. The summed E-state index contributed by atoms with van der Waals surface area (Å²) in [4.78, 5) is 16.9. The molecule has 1 saturated heterocycles. The Hall–Kier alpha value is -2.42. The molecule has 2 aliphatic heterocycles. The second-order valence-electron chi connectivity index (χ2n) is 6.57. The van der Waals surface area contributed by atoms with Crippen LogP contribution >= 0.6 is 0 Å². The topological polar surface area (TPSA) is 73.6 Å². The molecule has 1 aromatic carbocycles. The molecular weight excluding hydrogens is 358 g/mol. The van der Waals surface area contributed by atoms with Gasteiger partial charge in [0.15, 0.2) is 17.9 Å². The van der Waals surface area contributed by atoms with Gasteiger partial charge in [0.05, 0.1) is 30.9 Å². The van der Waals surface area contributed by atoms with Crippen molar-refractivity contribution in [2.75, 3.05) is 13.2 Å². The summed E-state index contributed by atoms with van der Waals surface area (Å²) < 4.78 is 39.5. The molecule has 3 heterocycles. The Balaban J connectivity index is 1.49. The van der Waals surface area contributed by atoms with Crippen LogP contribution in [0.1, 0.15) is 23.5 Å². The van der Waals surface area contributed by atoms with Crippen LogP contribution in [-0.2, 0) is 9.47 Å². The summed E-state index contributed by atoms with van der Waals surface area (Å²) in [6.07, 6.45) is 2.78. The molecule has 1 N–H and O–H groups in total. The molecule has 2 aromatic rings. The number of halogens is 2. The van der Waals surface area contributed by atoms with Crippen LogP contribution in [0.25, 0.3) is 17.1 Å². The number of nitrogens with zero attached hydrogens (tertiary/aromatic N) is 2. The summed E-state index contributed by atoms with van der Waals surface area (Å²) >= 11 is 0. The average Bonchev–Trinajstić information content (AvgIpc) is 3.31. The van der Waals surface area contributed by atoms with Gasteiger partial charge >= 0.3 is 0 Å². The minimum Gasteiger partial charge on any atom is -0.391 e. The zero-order valence-corrected chi connectivity index (χ0v) is 14.3. The molecule has 0 spiro atoms. The molecule has 2 aliphatic rings. The molecule has 1 fully saturated rings. The molecule has 0 radical (unpaired) electrons. The molecule has 0 amide bonds. The number of carbonyl (C=O) groups excluding carboxylic acids is 1. The van der Waals surface area contributed by atoms with Gasteiger partial charge in [-0.05, 0) is 43.2 Å². The van der Waals surface area contributed by atoms with Crippen molar-refractivity contribution in [2.45, 2.75) is 25.2 Å². The van der Waals surface area contributed by atoms with E-state index in [2.05, 4.69) is 4.98 Å². The lowest BCUT2D eigenvalue weighted by Crippen LogP contribution is -2.26. The second-order valence-corrected chi connectivity index (χ2v) is 6.57. The molecule has 0 saturated carbocycles. The molecule has 0 aliphatic carbocycles. The van der Waals surface area contributed by atoms with Gasteiger partial charge < -0.3 is 14.6 Å². The third-order valence-electron chi connectivity index (χ3n) is 4.72. The Bertz CT molecular complexity index is 878. The minimum absolute atomic E-state index is 0.0450. The van der Waals surface area contributed by atoms with Gasteiger partial charge in [-0.1, -0.05) is 0 Å². The van der Waals surface area contributed by atoms with E-state index < -0.39 is 18.0 Å². The van der Waals surface area contributed by atoms with Gasteiger partial charge in [0.2, 0.25) is 5.91 Å². The maximum absolute atomic E-state index is 14.5. The third-order valence-corrected chi connectivity index (χ3v) is 4.72. The highest BCUT2D eigenvalue weighted by Gasteiger charge is 2.32. The quantitative estimate of drug-likeness (QED) is 0.869. The van der Waals surface area contributed by atoms with Crippen molar-refractivity contribution >= 4 is 11.7 Å². The number of aliphatic hydroxyl groups is 1. The van der Waals surface area contributed by atoms with Gasteiger partial charge in [0, 0.05) is 11.8 Å². The molecule has 0 bridgehead atoms. The summed E-state index contributed by atoms with van der Waals surface area (Å²) in [6.45, 7) is 0.112. The van der Waals surface area contributed by atoms with Crippen molar-refractivity contribution in [3.63, 3.8) is 0 Å². The Morgan fingerprint density at radius 2 is 2.00 bits per heavy atom. The van der Waals surface area contributed by atoms with E-state index in [-0.39, 0.29) is 30.3 Å². The fourth-order valence-corrected chi connectivity index (χ4v) is 3.30. The first-order chi connectivity index (χ1) is 13.0. The van der Waals surface area contributed by atoms with Crippen LogP contribution in [0.5, 0.6) is 0 Å². The number of hydrogen-bond acceptors (Lipinski definition) is 5. The fraction of sp³-hybridized carbons (Fsp3) is 0.368. The van der Waals surface area contributed by atoms with Crippen LogP contribution in [0.15, 0.2) is 36.5 Å². The predicted molar refractivity (Wildman–Crippen MR) is 91.8 cm³/mol. The van der Waals surface area contributed by atoms with Crippen molar-refractivity contribution in [3.05, 3.63) is 48.2 Å². The lowest BCUT2D eigenvalue weighted by Gasteiger charge is -2.19. The van der Waals surface area contributed by atoms with E-state index >= 15 is 0 Å². The maximum Gasteiger partial charge on any atom is 0.239 e. The highest BCUT2D eigenvalue weighted by molar-refractivity contribution is 5.90. The van der Waals surface area contributed by atoms with E-state index in [1.807, 2.05) is 0 Å². The lowest BCUT2D eigenvalue weighted by atomic mass is 9.97. The molecule has 142 valence electrons. The monoisotopic (exact) mass is 376 g/mol. The van der Waals surface area contributed by atoms with Gasteiger partial charge in [0.25, 0.3) is 0 Å². The number of benzene rings is 1. The van der Waals surface area contributed by atoms with Crippen LogP contribution in [-0.4, -0.2) is 46.2 Å². The zero-order chi connectivity index (χ0) is 19.0. The average molecular weight is 376 g/mol. The second kappa shape index (κ2) is 7.30. The van der Waals surface area contributed by atoms with Crippen molar-refractivity contribution in [2.24, 2.45) is 5.92 Å². The molecule has 27 heavy (non-hydrogen) atoms. The predicted octanol–water partition coefficient (Wildman–Crippen LogP) is 2.78. The number of imidazole rings is 1. The Labute approximate surface area is 154 Å². The van der Waals surface area contributed by atoms with Crippen molar-refractivity contribution in [1.82, 2.24) is 9.55 Å². The van der Waals surface area contributed by atoms with E-state index in [0.29, 0.717) is 30.7 Å². The summed E-state index contributed by atoms with van der Waals surface area (Å²) in [5, 5.41) is 9.00. The molecule has 6 nitrogen and oxygen atoms in total. The van der Waals surface area contributed by atoms with Crippen LogP contribution in [0.2, 0.25) is 0 Å². The van der Waals surface area contributed by atoms with Crippen LogP contribution in [0.4, 0.5) is 8.78 Å². The van der Waals surface area contributed by atoms with Gasteiger partial charge in [-0.3, -0.25) is 9.36 Å². The van der Waals surface area contributed by atoms with Gasteiger partial charge in [-0.2, -0.15) is 0 Å². The number of rotatable bonds is 5. The Morgan fingerprint density at radius 3 is 2.70 bits per heavy atom. The van der Waals surface area contributed by atoms with E-state index in [4.69, 9.17) is 14.6 Å². The van der Waals surface area contributed by atoms with E-state index in [9.17, 15) is 13.6 Å². The van der Waals surface area contributed by atoms with Gasteiger partial charge in [0.1, 0.15) is 5.82 Å². The van der Waals surface area contributed by atoms with Gasteiger partial charge in [-0.25, -0.2) is 13.8 Å². The maximum atomic E-state index is 14.5. The number of aromatic nitrogens is 2. The normalized spacial score (nSPS) is 24.8. The number of carbonyl (C=O) groups is 1. The molecule has 8 heteroatoms. The van der Waals surface area contributed by atoms with Crippen LogP contribution < -0.4 is 0 Å². The van der Waals surface area contributed by atoms with Crippen molar-refractivity contribution < 1.29 is 28.2 Å². The fourth-order valence-electron chi connectivity index (χ4n) is 3.30. The van der Waals surface area contributed by atoms with E-state index in [1.165, 1.54) is 41.1 Å². The number of allylic oxidation sites excluding steroid dienone is 1. The summed E-state index contributed by atoms with van der Waals surface area (Å²) in [6, 6.07) is 5.63.